The average Bonchev–Trinajstić information content (AvgIpc) is 2.73. The zero-order valence-electron chi connectivity index (χ0n) is 14.8. The van der Waals surface area contributed by atoms with Gasteiger partial charge in [-0.25, -0.2) is 0 Å². The van der Waals surface area contributed by atoms with E-state index in [2.05, 4.69) is 9.98 Å². The number of hydrogen-bond donors (Lipinski definition) is 3. The van der Waals surface area contributed by atoms with Crippen molar-refractivity contribution in [3.63, 3.8) is 0 Å². The van der Waals surface area contributed by atoms with Gasteiger partial charge in [0.15, 0.2) is 11.5 Å². The molecule has 0 radical (unpaired) electrons. The van der Waals surface area contributed by atoms with Crippen molar-refractivity contribution in [1.29, 1.82) is 0 Å². The molecule has 0 aliphatic rings. The van der Waals surface area contributed by atoms with Gasteiger partial charge in [0.2, 0.25) is 0 Å². The van der Waals surface area contributed by atoms with Crippen LogP contribution in [0.15, 0.2) is 71.9 Å². The molecule has 145 valence electrons. The number of phenolic OH excluding ortho intramolecular Hbond substituents is 3. The van der Waals surface area contributed by atoms with Crippen LogP contribution < -0.4 is 0 Å². The number of hydrogen-bond acceptors (Lipinski definition) is 6. The first kappa shape index (κ1) is 23.4. The molecule has 8 heteroatoms. The molecule has 1 aromatic heterocycles. The van der Waals surface area contributed by atoms with E-state index in [1.807, 2.05) is 18.2 Å². The Balaban J connectivity index is 0.000000327. The quantitative estimate of drug-likeness (QED) is 0.421. The van der Waals surface area contributed by atoms with Gasteiger partial charge in [-0.3, -0.25) is 9.98 Å². The van der Waals surface area contributed by atoms with Gasteiger partial charge in [0.05, 0.1) is 0 Å². The molecule has 0 saturated heterocycles. The SMILES string of the molecule is Oc1ccc(Cl)cc1C=NCCc1ccccn1.Oc1ccccc1O.[O]=[V]. The Hall–Kier alpha value is -2.67. The standard InChI is InChI=1S/C14H13ClN2O.C6H6O2.O.V/c15-12-4-5-14(18)11(9-12)10-16-8-6-13-3-1-2-7-17-13;7-5-3-1-2-4-6(5)8;;/h1-5,7,9-10,18H,6,8H2;1-4,7-8H;;. The van der Waals surface area contributed by atoms with Crippen molar-refractivity contribution in [1.82, 2.24) is 4.98 Å². The summed E-state index contributed by atoms with van der Waals surface area (Å²) in [5, 5.41) is 27.5. The van der Waals surface area contributed by atoms with E-state index >= 15 is 0 Å². The summed E-state index contributed by atoms with van der Waals surface area (Å²) in [5.41, 5.74) is 1.63. The van der Waals surface area contributed by atoms with Crippen LogP contribution in [-0.2, 0) is 27.5 Å². The average molecular weight is 438 g/mol. The third kappa shape index (κ3) is 8.82. The maximum atomic E-state index is 9.59. The first-order valence-corrected chi connectivity index (χ1v) is 9.04. The summed E-state index contributed by atoms with van der Waals surface area (Å²) in [7, 11) is 0. The summed E-state index contributed by atoms with van der Waals surface area (Å²) in [6.07, 6.45) is 4.17. The second kappa shape index (κ2) is 13.5. The Bertz CT molecular complexity index is 858. The number of pyridine rings is 1. The van der Waals surface area contributed by atoms with Crippen molar-refractivity contribution in [2.45, 2.75) is 6.42 Å². The normalized spacial score (nSPS) is 9.71. The molecule has 28 heavy (non-hydrogen) atoms. The van der Waals surface area contributed by atoms with Crippen LogP contribution in [0.5, 0.6) is 17.2 Å². The number of phenols is 3. The van der Waals surface area contributed by atoms with Crippen molar-refractivity contribution in [2.75, 3.05) is 6.54 Å². The van der Waals surface area contributed by atoms with Gasteiger partial charge in [0, 0.05) is 41.7 Å². The van der Waals surface area contributed by atoms with Crippen molar-refractivity contribution in [3.05, 3.63) is 83.1 Å². The van der Waals surface area contributed by atoms with Crippen molar-refractivity contribution in [3.8, 4) is 17.2 Å². The molecule has 2 aromatic carbocycles. The van der Waals surface area contributed by atoms with Gasteiger partial charge in [0.25, 0.3) is 0 Å². The molecule has 3 N–H and O–H groups in total. The Morgan fingerprint density at radius 3 is 2.14 bits per heavy atom. The summed E-state index contributed by atoms with van der Waals surface area (Å²) in [6, 6.07) is 16.8. The molecular weight excluding hydrogens is 419 g/mol. The fourth-order valence-electron chi connectivity index (χ4n) is 1.98. The minimum absolute atomic E-state index is 0.0764. The zero-order valence-corrected chi connectivity index (χ0v) is 17.0. The topological polar surface area (TPSA) is 103 Å². The number of halogens is 1. The number of nitrogens with zero attached hydrogens (tertiary/aromatic N) is 2. The Morgan fingerprint density at radius 2 is 1.57 bits per heavy atom. The predicted octanol–water partition coefficient (Wildman–Crippen LogP) is 4.08. The van der Waals surface area contributed by atoms with Crippen LogP contribution in [0.2, 0.25) is 5.02 Å². The van der Waals surface area contributed by atoms with Gasteiger partial charge in [0.1, 0.15) is 5.75 Å². The Morgan fingerprint density at radius 1 is 0.929 bits per heavy atom. The number of rotatable bonds is 4. The second-order valence-corrected chi connectivity index (χ2v) is 5.73. The fraction of sp³-hybridized carbons (Fsp3) is 0.100. The third-order valence-corrected chi connectivity index (χ3v) is 3.56. The molecule has 0 spiro atoms. The summed E-state index contributed by atoms with van der Waals surface area (Å²) < 4.78 is 8.19. The van der Waals surface area contributed by atoms with Crippen LogP contribution in [0.4, 0.5) is 0 Å². The molecule has 3 rings (SSSR count). The van der Waals surface area contributed by atoms with E-state index in [0.717, 1.165) is 29.5 Å². The molecular formula is C20H19ClN2O4V. The van der Waals surface area contributed by atoms with Crippen LogP contribution in [0.1, 0.15) is 11.3 Å². The van der Waals surface area contributed by atoms with Crippen LogP contribution in [-0.4, -0.2) is 33.1 Å². The van der Waals surface area contributed by atoms with Crippen LogP contribution in [0, 0.1) is 0 Å². The molecule has 0 aliphatic heterocycles. The Labute approximate surface area is 177 Å². The number of aliphatic imine (C=N–C) groups is 1. The van der Waals surface area contributed by atoms with Crippen LogP contribution >= 0.6 is 11.6 Å². The molecule has 0 atom stereocenters. The van der Waals surface area contributed by atoms with E-state index in [4.69, 9.17) is 25.5 Å². The minimum atomic E-state index is -0.0764. The molecule has 1 heterocycles. The van der Waals surface area contributed by atoms with Crippen LogP contribution in [0.25, 0.3) is 0 Å². The van der Waals surface area contributed by atoms with E-state index in [-0.39, 0.29) is 17.2 Å². The van der Waals surface area contributed by atoms with Gasteiger partial charge in [-0.05, 0) is 42.5 Å². The summed E-state index contributed by atoms with van der Waals surface area (Å²) in [4.78, 5) is 8.47. The number of para-hydroxylation sites is 2. The molecule has 0 bridgehead atoms. The van der Waals surface area contributed by atoms with Gasteiger partial charge in [-0.1, -0.05) is 29.8 Å². The summed E-state index contributed by atoms with van der Waals surface area (Å²) in [6.45, 7) is 0.628. The second-order valence-electron chi connectivity index (χ2n) is 5.30. The molecule has 0 fully saturated rings. The first-order valence-electron chi connectivity index (χ1n) is 8.09. The van der Waals surface area contributed by atoms with Crippen molar-refractivity contribution in [2.24, 2.45) is 4.99 Å². The van der Waals surface area contributed by atoms with E-state index in [1.165, 1.54) is 12.1 Å². The number of aromatic hydroxyl groups is 3. The number of aromatic nitrogens is 1. The zero-order chi connectivity index (χ0) is 20.8. The molecule has 6 nitrogen and oxygen atoms in total. The van der Waals surface area contributed by atoms with Gasteiger partial charge >= 0.3 is 21.0 Å². The van der Waals surface area contributed by atoms with Crippen molar-refractivity contribution >= 4 is 17.8 Å². The summed E-state index contributed by atoms with van der Waals surface area (Å²) >= 11 is 6.91. The maximum absolute atomic E-state index is 9.59. The number of benzene rings is 2. The molecule has 0 saturated carbocycles. The van der Waals surface area contributed by atoms with Gasteiger partial charge in [-0.15, -0.1) is 0 Å². The fourth-order valence-corrected chi connectivity index (χ4v) is 2.16. The van der Waals surface area contributed by atoms with E-state index in [0.29, 0.717) is 17.1 Å². The van der Waals surface area contributed by atoms with E-state index < -0.39 is 0 Å². The van der Waals surface area contributed by atoms with Gasteiger partial charge < -0.3 is 15.3 Å². The first-order chi connectivity index (χ1) is 13.6. The van der Waals surface area contributed by atoms with Crippen LogP contribution in [0.3, 0.4) is 0 Å². The van der Waals surface area contributed by atoms with E-state index in [9.17, 15) is 5.11 Å². The third-order valence-electron chi connectivity index (χ3n) is 3.32. The molecule has 0 unspecified atom stereocenters. The van der Waals surface area contributed by atoms with E-state index in [1.54, 1.807) is 42.7 Å². The molecule has 0 amide bonds. The molecule has 0 aliphatic carbocycles. The Kier molecular flexibility index (Phi) is 11.3. The van der Waals surface area contributed by atoms with Gasteiger partial charge in [-0.2, -0.15) is 0 Å². The summed E-state index contributed by atoms with van der Waals surface area (Å²) in [5.74, 6) is 0.0287. The monoisotopic (exact) mass is 437 g/mol. The molecule has 3 aromatic rings. The van der Waals surface area contributed by atoms with Crippen molar-refractivity contribution < 1.29 is 36.4 Å². The predicted molar refractivity (Wildman–Crippen MR) is 104 cm³/mol.